The summed E-state index contributed by atoms with van der Waals surface area (Å²) in [7, 11) is 0. The van der Waals surface area contributed by atoms with E-state index in [9.17, 15) is 24.3 Å². The fourth-order valence-electron chi connectivity index (χ4n) is 12.6. The van der Waals surface area contributed by atoms with E-state index in [0.717, 1.165) is 62.6 Å². The van der Waals surface area contributed by atoms with Crippen molar-refractivity contribution in [2.75, 3.05) is 0 Å². The molecule has 0 aliphatic heterocycles. The maximum absolute atomic E-state index is 14.5. The maximum atomic E-state index is 14.5. The Morgan fingerprint density at radius 3 is 2.34 bits per heavy atom. The quantitative estimate of drug-likeness (QED) is 0.213. The van der Waals surface area contributed by atoms with Crippen LogP contribution in [0.25, 0.3) is 5.82 Å². The van der Waals surface area contributed by atoms with Gasteiger partial charge in [0.1, 0.15) is 6.10 Å². The fraction of sp³-hybridized carbons (Fsp3) is 0.717. The Morgan fingerprint density at radius 1 is 1.05 bits per heavy atom. The van der Waals surface area contributed by atoms with Crippen LogP contribution in [0, 0.1) is 52.3 Å². The number of pyridine rings is 1. The van der Waals surface area contributed by atoms with Gasteiger partial charge in [-0.05, 0) is 149 Å². The van der Waals surface area contributed by atoms with E-state index in [-0.39, 0.29) is 51.9 Å². The zero-order chi connectivity index (χ0) is 41.3. The van der Waals surface area contributed by atoms with Crippen molar-refractivity contribution in [1.29, 1.82) is 0 Å². The van der Waals surface area contributed by atoms with Crippen LogP contribution in [0.1, 0.15) is 151 Å². The average molecular weight is 793 g/mol. The molecule has 0 spiro atoms. The van der Waals surface area contributed by atoms with Crippen molar-refractivity contribution < 1.29 is 24.2 Å². The number of carboxylic acid groups (broad SMARTS) is 1. The molecule has 3 fully saturated rings. The highest BCUT2D eigenvalue weighted by atomic mass is 35.5. The highest BCUT2D eigenvalue weighted by molar-refractivity contribution is 6.30. The minimum atomic E-state index is -1.17. The van der Waals surface area contributed by atoms with E-state index in [1.54, 1.807) is 36.9 Å². The largest absolute Gasteiger partial charge is 0.481 e. The van der Waals surface area contributed by atoms with Crippen LogP contribution >= 0.6 is 11.6 Å². The molecule has 2 heterocycles. The molecule has 0 radical (unpaired) electrons. The van der Waals surface area contributed by atoms with Crippen molar-refractivity contribution >= 4 is 29.3 Å². The third-order valence-electron chi connectivity index (χ3n) is 16.1. The SMILES string of the molecule is CCC(CCC1(C)C(C)CCC2(C)C1CCC1C3=C(C(C)C)C(=O)CC3(c3c(C)c(=O)n(-c4ccc(Cl)cn4)n3CC)CC[C@]12C)OC(=O)CC(C)(C)C(=O)O. The summed E-state index contributed by atoms with van der Waals surface area (Å²) in [5.74, 6) is 0.517. The monoisotopic (exact) mass is 791 g/mol. The van der Waals surface area contributed by atoms with Gasteiger partial charge in [-0.2, -0.15) is 4.68 Å². The number of allylic oxidation sites excluding steroid dienone is 2. The number of nitrogens with zero attached hydrogens (tertiary/aromatic N) is 3. The van der Waals surface area contributed by atoms with Crippen LogP contribution in [0.4, 0.5) is 0 Å². The molecule has 1 N–H and O–H groups in total. The summed E-state index contributed by atoms with van der Waals surface area (Å²) in [4.78, 5) is 58.0. The second-order valence-corrected chi connectivity index (χ2v) is 20.1. The fourth-order valence-corrected chi connectivity index (χ4v) is 12.8. The van der Waals surface area contributed by atoms with Crippen LogP contribution in [0.5, 0.6) is 0 Å². The second kappa shape index (κ2) is 14.9. The molecule has 4 aliphatic rings. The van der Waals surface area contributed by atoms with Gasteiger partial charge in [0.15, 0.2) is 11.6 Å². The number of Topliss-reactive ketones (excluding diaryl/α,β-unsaturated/α-hetero) is 1. The van der Waals surface area contributed by atoms with Gasteiger partial charge < -0.3 is 9.84 Å². The minimum absolute atomic E-state index is 0.00654. The molecule has 0 amide bonds. The Kier molecular flexibility index (Phi) is 11.3. The number of halogens is 1. The van der Waals surface area contributed by atoms with Crippen molar-refractivity contribution in [3.8, 4) is 5.82 Å². The smallest absolute Gasteiger partial charge is 0.309 e. The first-order valence-corrected chi connectivity index (χ1v) is 21.7. The van der Waals surface area contributed by atoms with Gasteiger partial charge in [-0.25, -0.2) is 4.98 Å². The number of hydrogen-bond acceptors (Lipinski definition) is 6. The highest BCUT2D eigenvalue weighted by Crippen LogP contribution is 2.75. The van der Waals surface area contributed by atoms with E-state index in [4.69, 9.17) is 16.3 Å². The van der Waals surface area contributed by atoms with Gasteiger partial charge in [-0.15, -0.1) is 0 Å². The predicted molar refractivity (Wildman–Crippen MR) is 220 cm³/mol. The summed E-state index contributed by atoms with van der Waals surface area (Å²) < 4.78 is 9.75. The number of aromatic nitrogens is 3. The summed E-state index contributed by atoms with van der Waals surface area (Å²) >= 11 is 6.22. The number of carbonyl (C=O) groups excluding carboxylic acids is 2. The lowest BCUT2D eigenvalue weighted by atomic mass is 9.35. The van der Waals surface area contributed by atoms with Gasteiger partial charge in [0.25, 0.3) is 5.56 Å². The average Bonchev–Trinajstić information content (AvgIpc) is 3.58. The zero-order valence-electron chi connectivity index (χ0n) is 35.8. The summed E-state index contributed by atoms with van der Waals surface area (Å²) in [6.07, 6.45) is 9.98. The van der Waals surface area contributed by atoms with E-state index in [0.29, 0.717) is 47.6 Å². The van der Waals surface area contributed by atoms with E-state index < -0.39 is 22.8 Å². The molecule has 10 heteroatoms. The molecule has 0 aromatic carbocycles. The summed E-state index contributed by atoms with van der Waals surface area (Å²) in [6, 6.07) is 3.56. The minimum Gasteiger partial charge on any atom is -0.481 e. The third-order valence-corrected chi connectivity index (χ3v) is 16.4. The van der Waals surface area contributed by atoms with Gasteiger partial charge >= 0.3 is 11.9 Å². The van der Waals surface area contributed by atoms with Crippen LogP contribution < -0.4 is 5.56 Å². The standard InChI is InChI=1S/C46H66ClN3O6/c1-12-31(56-36(52)25-42(7,8)41(54)55)19-20-43(9)28(5)18-21-45(11)34(43)16-15-32-38-37(27(3)4)33(51)24-46(38,23-22-44(32,45)10)39-29(6)40(53)50(49(39)13-2)35-17-14-30(47)26-48-35/h14,17,26-28,31-32,34H,12-13,15-16,18-25H2,1-11H3,(H,54,55)/t28?,31?,32?,34?,43?,44-,45?,46?/m1/s1. The molecule has 8 atom stereocenters. The number of esters is 1. The lowest BCUT2D eigenvalue weighted by molar-refractivity contribution is -0.184. The Labute approximate surface area is 339 Å². The molecule has 4 aliphatic carbocycles. The Balaban J connectivity index is 1.38. The van der Waals surface area contributed by atoms with E-state index >= 15 is 0 Å². The summed E-state index contributed by atoms with van der Waals surface area (Å²) in [6.45, 7) is 24.0. The van der Waals surface area contributed by atoms with Crippen LogP contribution in [0.15, 0.2) is 34.3 Å². The molecule has 56 heavy (non-hydrogen) atoms. The number of carboxylic acids is 1. The summed E-state index contributed by atoms with van der Waals surface area (Å²) in [5, 5.41) is 10.1. The Bertz CT molecular complexity index is 1980. The number of hydrogen-bond donors (Lipinski definition) is 1. The molecule has 7 unspecified atom stereocenters. The van der Waals surface area contributed by atoms with Crippen LogP contribution in [0.2, 0.25) is 5.02 Å². The molecule has 6 rings (SSSR count). The second-order valence-electron chi connectivity index (χ2n) is 19.7. The molecule has 9 nitrogen and oxygen atoms in total. The Morgan fingerprint density at radius 2 is 1.75 bits per heavy atom. The molecular formula is C46H66ClN3O6. The van der Waals surface area contributed by atoms with Gasteiger partial charge in [-0.3, -0.25) is 23.9 Å². The first-order chi connectivity index (χ1) is 26.1. The van der Waals surface area contributed by atoms with E-state index in [1.165, 1.54) is 5.57 Å². The lowest BCUT2D eigenvalue weighted by Crippen LogP contribution is -2.62. The first kappa shape index (κ1) is 42.4. The first-order valence-electron chi connectivity index (χ1n) is 21.3. The molecule has 0 bridgehead atoms. The molecule has 2 aromatic rings. The van der Waals surface area contributed by atoms with Crippen molar-refractivity contribution in [3.05, 3.63) is 56.1 Å². The highest BCUT2D eigenvalue weighted by Gasteiger charge is 2.68. The maximum Gasteiger partial charge on any atom is 0.309 e. The van der Waals surface area contributed by atoms with Crippen molar-refractivity contribution in [1.82, 2.24) is 14.3 Å². The van der Waals surface area contributed by atoms with Gasteiger partial charge in [0.2, 0.25) is 0 Å². The van der Waals surface area contributed by atoms with Crippen molar-refractivity contribution in [2.24, 2.45) is 45.3 Å². The summed E-state index contributed by atoms with van der Waals surface area (Å²) in [5.41, 5.74) is 2.09. The van der Waals surface area contributed by atoms with Crippen LogP contribution in [-0.4, -0.2) is 43.3 Å². The third kappa shape index (κ3) is 6.45. The van der Waals surface area contributed by atoms with Crippen molar-refractivity contribution in [3.63, 3.8) is 0 Å². The van der Waals surface area contributed by atoms with E-state index in [1.807, 2.05) is 13.8 Å². The molecule has 2 aromatic heterocycles. The number of rotatable bonds is 12. The molecule has 308 valence electrons. The predicted octanol–water partition coefficient (Wildman–Crippen LogP) is 10.1. The number of aliphatic carboxylic acids is 1. The van der Waals surface area contributed by atoms with Gasteiger partial charge in [0.05, 0.1) is 22.6 Å². The van der Waals surface area contributed by atoms with Crippen LogP contribution in [-0.2, 0) is 31.1 Å². The molecule has 0 saturated heterocycles. The van der Waals surface area contributed by atoms with Crippen molar-refractivity contribution in [2.45, 2.75) is 165 Å². The Hall–Kier alpha value is -3.20. The molecular weight excluding hydrogens is 726 g/mol. The van der Waals surface area contributed by atoms with E-state index in [2.05, 4.69) is 58.1 Å². The topological polar surface area (TPSA) is 120 Å². The lowest BCUT2D eigenvalue weighted by Gasteiger charge is -2.69. The number of fused-ring (bicyclic) bond motifs is 5. The molecule has 3 saturated carbocycles. The van der Waals surface area contributed by atoms with Gasteiger partial charge in [-0.1, -0.05) is 60.1 Å². The normalized spacial score (nSPS) is 32.2. The zero-order valence-corrected chi connectivity index (χ0v) is 36.6. The number of ether oxygens (including phenoxy) is 1. The number of ketones is 1. The van der Waals surface area contributed by atoms with Crippen LogP contribution in [0.3, 0.4) is 0 Å². The van der Waals surface area contributed by atoms with Gasteiger partial charge in [0, 0.05) is 30.1 Å². The number of carbonyl (C=O) groups is 3.